The van der Waals surface area contributed by atoms with E-state index in [0.29, 0.717) is 5.15 Å². The van der Waals surface area contributed by atoms with Crippen LogP contribution in [0.5, 0.6) is 0 Å². The molecule has 0 spiro atoms. The van der Waals surface area contributed by atoms with Gasteiger partial charge in [-0.15, -0.1) is 11.3 Å². The van der Waals surface area contributed by atoms with E-state index in [2.05, 4.69) is 50.3 Å². The van der Waals surface area contributed by atoms with E-state index in [1.165, 1.54) is 8.66 Å². The SMILES string of the molecule is CCCc1nc(Cl)c(C)c(NCCc2ccc(Br)s2)n1. The highest BCUT2D eigenvalue weighted by Crippen LogP contribution is 2.23. The Hall–Kier alpha value is -0.650. The van der Waals surface area contributed by atoms with Gasteiger partial charge in [0.1, 0.15) is 16.8 Å². The molecule has 6 heteroatoms. The molecular weight excluding hydrogens is 358 g/mol. The van der Waals surface area contributed by atoms with Gasteiger partial charge >= 0.3 is 0 Å². The molecule has 0 saturated carbocycles. The van der Waals surface area contributed by atoms with Gasteiger partial charge in [0, 0.05) is 23.4 Å². The quantitative estimate of drug-likeness (QED) is 0.733. The molecule has 0 aromatic carbocycles. The molecule has 0 amide bonds. The van der Waals surface area contributed by atoms with Crippen molar-refractivity contribution in [3.8, 4) is 0 Å². The van der Waals surface area contributed by atoms with Crippen LogP contribution in [-0.2, 0) is 12.8 Å². The first kappa shape index (κ1) is 15.7. The summed E-state index contributed by atoms with van der Waals surface area (Å²) in [5.41, 5.74) is 0.916. The molecule has 108 valence electrons. The Balaban J connectivity index is 2.01. The summed E-state index contributed by atoms with van der Waals surface area (Å²) in [6.45, 7) is 4.90. The maximum atomic E-state index is 6.16. The van der Waals surface area contributed by atoms with Gasteiger partial charge in [0.15, 0.2) is 0 Å². The fourth-order valence-electron chi connectivity index (χ4n) is 1.83. The third-order valence-corrected chi connectivity index (χ3v) is 4.95. The molecule has 0 unspecified atom stereocenters. The predicted molar refractivity (Wildman–Crippen MR) is 90.0 cm³/mol. The first-order valence-electron chi connectivity index (χ1n) is 6.61. The van der Waals surface area contributed by atoms with Crippen molar-refractivity contribution >= 4 is 44.7 Å². The van der Waals surface area contributed by atoms with Gasteiger partial charge in [0.05, 0.1) is 3.79 Å². The van der Waals surface area contributed by atoms with E-state index in [0.717, 1.165) is 43.0 Å². The van der Waals surface area contributed by atoms with Gasteiger partial charge in [-0.1, -0.05) is 18.5 Å². The Kier molecular flexibility index (Phi) is 5.81. The largest absolute Gasteiger partial charge is 0.369 e. The van der Waals surface area contributed by atoms with Gasteiger partial charge in [-0.2, -0.15) is 0 Å². The van der Waals surface area contributed by atoms with Crippen molar-refractivity contribution in [1.29, 1.82) is 0 Å². The Labute approximate surface area is 136 Å². The molecule has 1 N–H and O–H groups in total. The highest BCUT2D eigenvalue weighted by atomic mass is 79.9. The number of thiophene rings is 1. The summed E-state index contributed by atoms with van der Waals surface area (Å²) >= 11 is 11.4. The molecule has 3 nitrogen and oxygen atoms in total. The number of aryl methyl sites for hydroxylation is 1. The number of hydrogen-bond acceptors (Lipinski definition) is 4. The minimum atomic E-state index is 0.546. The smallest absolute Gasteiger partial charge is 0.137 e. The molecule has 2 rings (SSSR count). The zero-order valence-corrected chi connectivity index (χ0v) is 14.7. The van der Waals surface area contributed by atoms with E-state index >= 15 is 0 Å². The topological polar surface area (TPSA) is 37.8 Å². The summed E-state index contributed by atoms with van der Waals surface area (Å²) in [6, 6.07) is 4.21. The van der Waals surface area contributed by atoms with E-state index in [1.54, 1.807) is 11.3 Å². The van der Waals surface area contributed by atoms with E-state index in [1.807, 2.05) is 6.92 Å². The fraction of sp³-hybridized carbons (Fsp3) is 0.429. The Bertz CT molecular complexity index is 586. The Morgan fingerprint density at radius 3 is 2.75 bits per heavy atom. The number of rotatable bonds is 6. The minimum absolute atomic E-state index is 0.546. The molecule has 0 saturated heterocycles. The number of nitrogens with one attached hydrogen (secondary N) is 1. The highest BCUT2D eigenvalue weighted by molar-refractivity contribution is 9.11. The molecule has 0 bridgehead atoms. The normalized spacial score (nSPS) is 10.8. The number of aromatic nitrogens is 2. The van der Waals surface area contributed by atoms with Crippen molar-refractivity contribution in [2.24, 2.45) is 0 Å². The van der Waals surface area contributed by atoms with Gasteiger partial charge in [0.25, 0.3) is 0 Å². The summed E-state index contributed by atoms with van der Waals surface area (Å²) in [6.07, 6.45) is 2.84. The second-order valence-corrected chi connectivity index (χ2v) is 7.44. The van der Waals surface area contributed by atoms with Gasteiger partial charge in [-0.3, -0.25) is 0 Å². The second-order valence-electron chi connectivity index (χ2n) is 4.54. The summed E-state index contributed by atoms with van der Waals surface area (Å²) < 4.78 is 1.17. The average molecular weight is 375 g/mol. The van der Waals surface area contributed by atoms with Crippen LogP contribution >= 0.6 is 38.9 Å². The summed E-state index contributed by atoms with van der Waals surface area (Å²) in [4.78, 5) is 10.2. The number of halogens is 2. The van der Waals surface area contributed by atoms with Crippen LogP contribution in [0.1, 0.15) is 29.6 Å². The summed E-state index contributed by atoms with van der Waals surface area (Å²) in [5, 5.41) is 3.91. The van der Waals surface area contributed by atoms with Gasteiger partial charge in [-0.25, -0.2) is 9.97 Å². The van der Waals surface area contributed by atoms with Crippen LogP contribution in [0, 0.1) is 6.92 Å². The second kappa shape index (κ2) is 7.38. The average Bonchev–Trinajstić information content (AvgIpc) is 2.81. The number of hydrogen-bond donors (Lipinski definition) is 1. The molecule has 0 aliphatic carbocycles. The lowest BCUT2D eigenvalue weighted by Crippen LogP contribution is -2.10. The molecule has 20 heavy (non-hydrogen) atoms. The lowest BCUT2D eigenvalue weighted by Gasteiger charge is -2.10. The predicted octanol–water partition coefficient (Wildman–Crippen LogP) is 4.87. The number of nitrogens with zero attached hydrogens (tertiary/aromatic N) is 2. The molecule has 0 aliphatic rings. The maximum Gasteiger partial charge on any atom is 0.137 e. The summed E-state index contributed by atoms with van der Waals surface area (Å²) in [7, 11) is 0. The Morgan fingerprint density at radius 1 is 1.30 bits per heavy atom. The third-order valence-electron chi connectivity index (χ3n) is 2.90. The molecule has 0 atom stereocenters. The van der Waals surface area contributed by atoms with E-state index in [4.69, 9.17) is 11.6 Å². The van der Waals surface area contributed by atoms with Crippen LogP contribution in [0.25, 0.3) is 0 Å². The van der Waals surface area contributed by atoms with Crippen LogP contribution in [0.2, 0.25) is 5.15 Å². The number of anilines is 1. The lowest BCUT2D eigenvalue weighted by atomic mass is 10.3. The zero-order chi connectivity index (χ0) is 14.5. The first-order chi connectivity index (χ1) is 9.60. The van der Waals surface area contributed by atoms with Crippen molar-refractivity contribution in [2.75, 3.05) is 11.9 Å². The van der Waals surface area contributed by atoms with Crippen LogP contribution in [-0.4, -0.2) is 16.5 Å². The molecule has 2 heterocycles. The van der Waals surface area contributed by atoms with Crippen LogP contribution in [0.3, 0.4) is 0 Å². The van der Waals surface area contributed by atoms with E-state index in [-0.39, 0.29) is 0 Å². The fourth-order valence-corrected chi connectivity index (χ4v) is 3.50. The maximum absolute atomic E-state index is 6.16. The molecule has 2 aromatic rings. The Morgan fingerprint density at radius 2 is 2.10 bits per heavy atom. The third kappa shape index (κ3) is 4.17. The van der Waals surface area contributed by atoms with Crippen molar-refractivity contribution < 1.29 is 0 Å². The highest BCUT2D eigenvalue weighted by Gasteiger charge is 2.08. The van der Waals surface area contributed by atoms with Crippen molar-refractivity contribution in [2.45, 2.75) is 33.1 Å². The van der Waals surface area contributed by atoms with Gasteiger partial charge in [-0.05, 0) is 47.8 Å². The van der Waals surface area contributed by atoms with E-state index < -0.39 is 0 Å². The molecule has 0 aliphatic heterocycles. The summed E-state index contributed by atoms with van der Waals surface area (Å²) in [5.74, 6) is 1.66. The van der Waals surface area contributed by atoms with Crippen molar-refractivity contribution in [3.63, 3.8) is 0 Å². The van der Waals surface area contributed by atoms with Gasteiger partial charge < -0.3 is 5.32 Å². The monoisotopic (exact) mass is 373 g/mol. The molecule has 0 radical (unpaired) electrons. The molecular formula is C14H17BrClN3S. The van der Waals surface area contributed by atoms with E-state index in [9.17, 15) is 0 Å². The standard InChI is InChI=1S/C14H17BrClN3S/c1-3-4-12-18-13(16)9(2)14(19-12)17-8-7-10-5-6-11(15)20-10/h5-6H,3-4,7-8H2,1-2H3,(H,17,18,19). The van der Waals surface area contributed by atoms with Crippen molar-refractivity contribution in [1.82, 2.24) is 9.97 Å². The lowest BCUT2D eigenvalue weighted by molar-refractivity contribution is 0.829. The van der Waals surface area contributed by atoms with Gasteiger partial charge in [0.2, 0.25) is 0 Å². The van der Waals surface area contributed by atoms with Crippen LogP contribution < -0.4 is 5.32 Å². The first-order valence-corrected chi connectivity index (χ1v) is 8.60. The molecule has 0 fully saturated rings. The van der Waals surface area contributed by atoms with Crippen LogP contribution in [0.15, 0.2) is 15.9 Å². The van der Waals surface area contributed by atoms with Crippen LogP contribution in [0.4, 0.5) is 5.82 Å². The zero-order valence-electron chi connectivity index (χ0n) is 11.5. The minimum Gasteiger partial charge on any atom is -0.369 e. The van der Waals surface area contributed by atoms with Crippen molar-refractivity contribution in [3.05, 3.63) is 37.3 Å². The molecule has 2 aromatic heterocycles.